The molecule has 5 rings (SSSR count). The van der Waals surface area contributed by atoms with E-state index in [1.165, 1.54) is 0 Å². The van der Waals surface area contributed by atoms with E-state index >= 15 is 0 Å². The molecule has 1 aromatic carbocycles. The van der Waals surface area contributed by atoms with Gasteiger partial charge in [0.25, 0.3) is 5.91 Å². The largest absolute Gasteiger partial charge is 0.374 e. The van der Waals surface area contributed by atoms with Crippen molar-refractivity contribution in [1.29, 1.82) is 0 Å². The molecule has 29 heavy (non-hydrogen) atoms. The summed E-state index contributed by atoms with van der Waals surface area (Å²) in [6, 6.07) is 9.45. The summed E-state index contributed by atoms with van der Waals surface area (Å²) in [6.07, 6.45) is 4.58. The number of aromatic nitrogens is 2. The van der Waals surface area contributed by atoms with Gasteiger partial charge in [-0.2, -0.15) is 5.10 Å². The van der Waals surface area contributed by atoms with E-state index < -0.39 is 0 Å². The van der Waals surface area contributed by atoms with E-state index in [1.54, 1.807) is 6.20 Å². The summed E-state index contributed by atoms with van der Waals surface area (Å²) >= 11 is 0. The number of rotatable bonds is 3. The smallest absolute Gasteiger partial charge is 0.254 e. The van der Waals surface area contributed by atoms with Crippen molar-refractivity contribution >= 4 is 11.8 Å². The van der Waals surface area contributed by atoms with Crippen LogP contribution in [0.4, 0.5) is 0 Å². The highest BCUT2D eigenvalue weighted by atomic mass is 16.5. The Morgan fingerprint density at radius 2 is 1.86 bits per heavy atom. The third kappa shape index (κ3) is 3.44. The highest BCUT2D eigenvalue weighted by Gasteiger charge is 2.43. The minimum atomic E-state index is -0.0688. The summed E-state index contributed by atoms with van der Waals surface area (Å²) in [7, 11) is 0. The second-order valence-corrected chi connectivity index (χ2v) is 8.25. The highest BCUT2D eigenvalue weighted by molar-refractivity contribution is 5.95. The molecule has 152 valence electrons. The molecule has 2 amide bonds. The van der Waals surface area contributed by atoms with E-state index in [2.05, 4.69) is 5.10 Å². The number of ether oxygens (including phenoxy) is 1. The van der Waals surface area contributed by atoms with Gasteiger partial charge in [0.05, 0.1) is 24.4 Å². The van der Waals surface area contributed by atoms with E-state index in [1.807, 2.05) is 51.7 Å². The van der Waals surface area contributed by atoms with E-state index in [9.17, 15) is 9.59 Å². The van der Waals surface area contributed by atoms with Crippen LogP contribution in [0.1, 0.15) is 35.3 Å². The van der Waals surface area contributed by atoms with Gasteiger partial charge in [0, 0.05) is 43.0 Å². The molecule has 3 fully saturated rings. The number of amides is 2. The third-order valence-corrected chi connectivity index (χ3v) is 6.27. The van der Waals surface area contributed by atoms with Crippen molar-refractivity contribution in [1.82, 2.24) is 19.6 Å². The maximum Gasteiger partial charge on any atom is 0.254 e. The molecule has 2 aromatic rings. The molecule has 1 aromatic heterocycles. The average molecular weight is 394 g/mol. The number of carbonyl (C=O) groups excluding carboxylic acids is 2. The highest BCUT2D eigenvalue weighted by Crippen LogP contribution is 2.33. The predicted molar refractivity (Wildman–Crippen MR) is 107 cm³/mol. The Morgan fingerprint density at radius 3 is 2.55 bits per heavy atom. The van der Waals surface area contributed by atoms with Crippen LogP contribution < -0.4 is 0 Å². The van der Waals surface area contributed by atoms with Crippen LogP contribution in [0, 0.1) is 12.8 Å². The summed E-state index contributed by atoms with van der Waals surface area (Å²) in [4.78, 5) is 29.7. The normalized spacial score (nSPS) is 24.3. The first-order valence-corrected chi connectivity index (χ1v) is 10.4. The molecule has 7 heteroatoms. The SMILES string of the molecule is Cc1ccnn1-c1ccc(C(=O)N2CCO[C@@H]3CCN(C(=O)C4CC4)C[C@@H]32)cc1. The lowest BCUT2D eigenvalue weighted by Crippen LogP contribution is -2.62. The number of likely N-dealkylation sites (tertiary alicyclic amines) is 1. The number of benzene rings is 1. The average Bonchev–Trinajstić information content (AvgIpc) is 3.52. The number of piperidine rings is 1. The van der Waals surface area contributed by atoms with E-state index in [0.717, 1.165) is 37.2 Å². The van der Waals surface area contributed by atoms with Gasteiger partial charge in [-0.15, -0.1) is 0 Å². The Bertz CT molecular complexity index is 918. The molecule has 3 heterocycles. The molecule has 0 N–H and O–H groups in total. The molecule has 1 aliphatic carbocycles. The van der Waals surface area contributed by atoms with Gasteiger partial charge in [-0.25, -0.2) is 4.68 Å². The standard InChI is InChI=1S/C22H26N4O3/c1-15-8-10-23-26(15)18-6-4-17(5-7-18)22(28)25-12-13-29-20-9-11-24(14-19(20)25)21(27)16-2-3-16/h4-8,10,16,19-20H,2-3,9,11-14H2,1H3/t19-,20+/m0/s1. The summed E-state index contributed by atoms with van der Waals surface area (Å²) in [5.74, 6) is 0.464. The van der Waals surface area contributed by atoms with Crippen LogP contribution in [-0.4, -0.2) is 69.8 Å². The summed E-state index contributed by atoms with van der Waals surface area (Å²) in [6.45, 7) is 4.42. The van der Waals surface area contributed by atoms with Crippen LogP contribution in [0.5, 0.6) is 0 Å². The van der Waals surface area contributed by atoms with Gasteiger partial charge in [0.1, 0.15) is 0 Å². The maximum absolute atomic E-state index is 13.3. The van der Waals surface area contributed by atoms with Crippen molar-refractivity contribution < 1.29 is 14.3 Å². The molecule has 7 nitrogen and oxygen atoms in total. The zero-order valence-corrected chi connectivity index (χ0v) is 16.7. The van der Waals surface area contributed by atoms with Crippen molar-refractivity contribution in [3.05, 3.63) is 47.8 Å². The number of morpholine rings is 1. The lowest BCUT2D eigenvalue weighted by atomic mass is 9.97. The number of aryl methyl sites for hydroxylation is 1. The molecule has 3 aliphatic rings. The minimum absolute atomic E-state index is 0.00718. The predicted octanol–water partition coefficient (Wildman–Crippen LogP) is 2.03. The summed E-state index contributed by atoms with van der Waals surface area (Å²) in [5.41, 5.74) is 2.63. The number of fused-ring (bicyclic) bond motifs is 1. The second-order valence-electron chi connectivity index (χ2n) is 8.25. The first kappa shape index (κ1) is 18.4. The van der Waals surface area contributed by atoms with Gasteiger partial charge < -0.3 is 14.5 Å². The Kier molecular flexibility index (Phi) is 4.62. The zero-order valence-electron chi connectivity index (χ0n) is 16.7. The van der Waals surface area contributed by atoms with E-state index in [0.29, 0.717) is 25.3 Å². The molecular weight excluding hydrogens is 368 g/mol. The number of nitrogens with zero attached hydrogens (tertiary/aromatic N) is 4. The monoisotopic (exact) mass is 394 g/mol. The van der Waals surface area contributed by atoms with Crippen molar-refractivity contribution in [2.75, 3.05) is 26.2 Å². The summed E-state index contributed by atoms with van der Waals surface area (Å²) in [5, 5.41) is 4.32. The van der Waals surface area contributed by atoms with Gasteiger partial charge >= 0.3 is 0 Å². The number of carbonyl (C=O) groups is 2. The topological polar surface area (TPSA) is 67.7 Å². The van der Waals surface area contributed by atoms with Crippen LogP contribution in [0.3, 0.4) is 0 Å². The Hall–Kier alpha value is -2.67. The fraction of sp³-hybridized carbons (Fsp3) is 0.500. The first-order valence-electron chi connectivity index (χ1n) is 10.4. The second kappa shape index (κ2) is 7.30. The lowest BCUT2D eigenvalue weighted by Gasteiger charge is -2.47. The van der Waals surface area contributed by atoms with Gasteiger partial charge in [-0.05, 0) is 56.5 Å². The Labute approximate surface area is 170 Å². The molecule has 1 saturated carbocycles. The van der Waals surface area contributed by atoms with Crippen LogP contribution >= 0.6 is 0 Å². The minimum Gasteiger partial charge on any atom is -0.374 e. The molecule has 0 spiro atoms. The van der Waals surface area contributed by atoms with E-state index in [-0.39, 0.29) is 29.9 Å². The van der Waals surface area contributed by atoms with Gasteiger partial charge in [0.15, 0.2) is 0 Å². The van der Waals surface area contributed by atoms with Crippen molar-refractivity contribution in [3.63, 3.8) is 0 Å². The molecule has 0 unspecified atom stereocenters. The molecule has 2 saturated heterocycles. The molecule has 0 bridgehead atoms. The van der Waals surface area contributed by atoms with Gasteiger partial charge in [0.2, 0.25) is 5.91 Å². The van der Waals surface area contributed by atoms with Crippen LogP contribution in [0.15, 0.2) is 36.5 Å². The van der Waals surface area contributed by atoms with Gasteiger partial charge in [-0.3, -0.25) is 9.59 Å². The van der Waals surface area contributed by atoms with E-state index in [4.69, 9.17) is 4.74 Å². The number of hydrogen-bond donors (Lipinski definition) is 0. The van der Waals surface area contributed by atoms with Crippen molar-refractivity contribution in [2.45, 2.75) is 38.3 Å². The zero-order chi connectivity index (χ0) is 20.0. The lowest BCUT2D eigenvalue weighted by molar-refractivity contribution is -0.141. The molecular formula is C22H26N4O3. The quantitative estimate of drug-likeness (QED) is 0.799. The fourth-order valence-corrected chi connectivity index (χ4v) is 4.46. The van der Waals surface area contributed by atoms with Gasteiger partial charge in [-0.1, -0.05) is 0 Å². The molecule has 2 atom stereocenters. The number of hydrogen-bond acceptors (Lipinski definition) is 4. The van der Waals surface area contributed by atoms with Crippen LogP contribution in [0.25, 0.3) is 5.69 Å². The summed E-state index contributed by atoms with van der Waals surface area (Å²) < 4.78 is 7.79. The Morgan fingerprint density at radius 1 is 1.07 bits per heavy atom. The molecule has 2 aliphatic heterocycles. The van der Waals surface area contributed by atoms with Crippen molar-refractivity contribution in [3.8, 4) is 5.69 Å². The third-order valence-electron chi connectivity index (χ3n) is 6.27. The Balaban J connectivity index is 1.34. The fourth-order valence-electron chi connectivity index (χ4n) is 4.46. The van der Waals surface area contributed by atoms with Crippen LogP contribution in [-0.2, 0) is 9.53 Å². The maximum atomic E-state index is 13.3. The molecule has 0 radical (unpaired) electrons. The van der Waals surface area contributed by atoms with Crippen LogP contribution in [0.2, 0.25) is 0 Å². The van der Waals surface area contributed by atoms with Crippen molar-refractivity contribution in [2.24, 2.45) is 5.92 Å². The first-order chi connectivity index (χ1) is 14.1.